The summed E-state index contributed by atoms with van der Waals surface area (Å²) in [6.07, 6.45) is 1.11. The summed E-state index contributed by atoms with van der Waals surface area (Å²) in [6, 6.07) is 0. The normalized spacial score (nSPS) is 14.6. The fourth-order valence-corrected chi connectivity index (χ4v) is 1.46. The number of hydrogen-bond acceptors (Lipinski definition) is 3. The molecule has 0 aromatic rings. The minimum atomic E-state index is -0.137. The molecule has 0 aliphatic rings. The van der Waals surface area contributed by atoms with Crippen LogP contribution < -0.4 is 0 Å². The lowest BCUT2D eigenvalue weighted by Gasteiger charge is -2.28. The first-order valence-corrected chi connectivity index (χ1v) is 5.71. The van der Waals surface area contributed by atoms with Gasteiger partial charge in [-0.3, -0.25) is 0 Å². The van der Waals surface area contributed by atoms with Crippen molar-refractivity contribution in [1.82, 2.24) is 0 Å². The summed E-state index contributed by atoms with van der Waals surface area (Å²) in [5, 5.41) is 8.63. The average molecular weight is 218 g/mol. The van der Waals surface area contributed by atoms with Crippen molar-refractivity contribution in [2.45, 2.75) is 52.7 Å². The zero-order valence-electron chi connectivity index (χ0n) is 10.7. The lowest BCUT2D eigenvalue weighted by Crippen LogP contribution is -2.32. The molecule has 1 unspecified atom stereocenters. The zero-order valence-corrected chi connectivity index (χ0v) is 10.7. The van der Waals surface area contributed by atoms with Crippen molar-refractivity contribution in [3.8, 4) is 0 Å². The van der Waals surface area contributed by atoms with Gasteiger partial charge in [0.1, 0.15) is 0 Å². The minimum Gasteiger partial charge on any atom is -0.394 e. The van der Waals surface area contributed by atoms with Crippen molar-refractivity contribution >= 4 is 0 Å². The van der Waals surface area contributed by atoms with Gasteiger partial charge in [-0.15, -0.1) is 0 Å². The molecule has 0 bridgehead atoms. The molecular formula is C12H26O3. The Morgan fingerprint density at radius 2 is 1.80 bits per heavy atom. The van der Waals surface area contributed by atoms with Gasteiger partial charge in [-0.25, -0.2) is 0 Å². The van der Waals surface area contributed by atoms with Crippen molar-refractivity contribution in [3.05, 3.63) is 0 Å². The van der Waals surface area contributed by atoms with E-state index < -0.39 is 0 Å². The first kappa shape index (κ1) is 14.9. The fourth-order valence-electron chi connectivity index (χ4n) is 1.46. The molecule has 0 spiro atoms. The molecule has 0 aliphatic carbocycles. The molecule has 0 saturated carbocycles. The molecule has 0 amide bonds. The highest BCUT2D eigenvalue weighted by Crippen LogP contribution is 2.16. The maximum Gasteiger partial charge on any atom is 0.0818 e. The van der Waals surface area contributed by atoms with Gasteiger partial charge in [0.15, 0.2) is 0 Å². The van der Waals surface area contributed by atoms with Crippen LogP contribution >= 0.6 is 0 Å². The SMILES string of the molecule is CC(C)CC(COCCO)OC(C)(C)C. The summed E-state index contributed by atoms with van der Waals surface area (Å²) in [5.41, 5.74) is -0.137. The third kappa shape index (κ3) is 10.2. The monoisotopic (exact) mass is 218 g/mol. The Morgan fingerprint density at radius 1 is 1.20 bits per heavy atom. The number of hydrogen-bond donors (Lipinski definition) is 1. The minimum absolute atomic E-state index is 0.0733. The van der Waals surface area contributed by atoms with Crippen LogP contribution in [0.1, 0.15) is 41.0 Å². The lowest BCUT2D eigenvalue weighted by molar-refractivity contribution is -0.101. The maximum absolute atomic E-state index is 8.63. The number of aliphatic hydroxyl groups is 1. The van der Waals surface area contributed by atoms with E-state index >= 15 is 0 Å². The van der Waals surface area contributed by atoms with Crippen molar-refractivity contribution in [2.24, 2.45) is 5.92 Å². The summed E-state index contributed by atoms with van der Waals surface area (Å²) in [4.78, 5) is 0. The quantitative estimate of drug-likeness (QED) is 0.666. The van der Waals surface area contributed by atoms with Crippen molar-refractivity contribution in [3.63, 3.8) is 0 Å². The third-order valence-corrected chi connectivity index (χ3v) is 1.79. The molecule has 0 saturated heterocycles. The molecule has 0 fully saturated rings. The molecule has 0 rings (SSSR count). The number of ether oxygens (including phenoxy) is 2. The van der Waals surface area contributed by atoms with Gasteiger partial charge in [-0.2, -0.15) is 0 Å². The lowest BCUT2D eigenvalue weighted by atomic mass is 10.1. The van der Waals surface area contributed by atoms with Crippen LogP contribution in [-0.4, -0.2) is 36.6 Å². The van der Waals surface area contributed by atoms with Gasteiger partial charge in [-0.05, 0) is 33.1 Å². The predicted molar refractivity (Wildman–Crippen MR) is 62.0 cm³/mol. The van der Waals surface area contributed by atoms with E-state index in [-0.39, 0.29) is 18.3 Å². The van der Waals surface area contributed by atoms with Crippen LogP contribution in [0.15, 0.2) is 0 Å². The fraction of sp³-hybridized carbons (Fsp3) is 1.00. The summed E-state index contributed by atoms with van der Waals surface area (Å²) in [5.74, 6) is 0.593. The van der Waals surface area contributed by atoms with Gasteiger partial charge < -0.3 is 14.6 Å². The zero-order chi connectivity index (χ0) is 11.9. The second-order valence-corrected chi connectivity index (χ2v) is 5.28. The van der Waals surface area contributed by atoms with E-state index in [2.05, 4.69) is 13.8 Å². The van der Waals surface area contributed by atoms with Gasteiger partial charge in [0.25, 0.3) is 0 Å². The van der Waals surface area contributed by atoms with Gasteiger partial charge >= 0.3 is 0 Å². The first-order chi connectivity index (χ1) is 6.85. The molecule has 0 aromatic heterocycles. The Balaban J connectivity index is 3.95. The van der Waals surface area contributed by atoms with E-state index in [0.717, 1.165) is 6.42 Å². The van der Waals surface area contributed by atoms with E-state index in [0.29, 0.717) is 19.1 Å². The highest BCUT2D eigenvalue weighted by Gasteiger charge is 2.19. The van der Waals surface area contributed by atoms with Crippen LogP contribution in [0.5, 0.6) is 0 Å². The van der Waals surface area contributed by atoms with Crippen LogP contribution in [-0.2, 0) is 9.47 Å². The Labute approximate surface area is 93.8 Å². The molecule has 15 heavy (non-hydrogen) atoms. The number of rotatable bonds is 7. The van der Waals surface area contributed by atoms with Crippen LogP contribution in [0.3, 0.4) is 0 Å². The molecule has 1 N–H and O–H groups in total. The van der Waals surface area contributed by atoms with Gasteiger partial charge in [0.05, 0.1) is 31.5 Å². The second-order valence-electron chi connectivity index (χ2n) is 5.28. The molecule has 3 nitrogen and oxygen atoms in total. The summed E-state index contributed by atoms with van der Waals surface area (Å²) < 4.78 is 11.2. The molecule has 0 aliphatic heterocycles. The van der Waals surface area contributed by atoms with Crippen molar-refractivity contribution in [1.29, 1.82) is 0 Å². The Morgan fingerprint density at radius 3 is 2.20 bits per heavy atom. The van der Waals surface area contributed by atoms with Crippen molar-refractivity contribution < 1.29 is 14.6 Å². The largest absolute Gasteiger partial charge is 0.394 e. The van der Waals surface area contributed by atoms with Gasteiger partial charge in [0, 0.05) is 0 Å². The summed E-state index contributed by atoms with van der Waals surface area (Å²) >= 11 is 0. The van der Waals surface area contributed by atoms with E-state index in [1.807, 2.05) is 20.8 Å². The van der Waals surface area contributed by atoms with E-state index in [9.17, 15) is 0 Å². The molecule has 0 aromatic carbocycles. The second kappa shape index (κ2) is 7.20. The van der Waals surface area contributed by atoms with E-state index in [4.69, 9.17) is 14.6 Å². The van der Waals surface area contributed by atoms with Gasteiger partial charge in [-0.1, -0.05) is 13.8 Å². The highest BCUT2D eigenvalue weighted by atomic mass is 16.5. The first-order valence-electron chi connectivity index (χ1n) is 5.71. The molecular weight excluding hydrogens is 192 g/mol. The van der Waals surface area contributed by atoms with Crippen LogP contribution in [0.25, 0.3) is 0 Å². The standard InChI is InChI=1S/C12H26O3/c1-10(2)8-11(9-14-7-6-13)15-12(3,4)5/h10-11,13H,6-9H2,1-5H3. The van der Waals surface area contributed by atoms with Crippen LogP contribution in [0.2, 0.25) is 0 Å². The summed E-state index contributed by atoms with van der Waals surface area (Å²) in [6.45, 7) is 11.5. The third-order valence-electron chi connectivity index (χ3n) is 1.79. The van der Waals surface area contributed by atoms with Crippen molar-refractivity contribution in [2.75, 3.05) is 19.8 Å². The van der Waals surface area contributed by atoms with E-state index in [1.165, 1.54) is 0 Å². The Bertz CT molecular complexity index is 149. The van der Waals surface area contributed by atoms with Gasteiger partial charge in [0.2, 0.25) is 0 Å². The molecule has 92 valence electrons. The average Bonchev–Trinajstić information content (AvgIpc) is 2.00. The number of aliphatic hydroxyl groups excluding tert-OH is 1. The molecule has 1 atom stereocenters. The summed E-state index contributed by atoms with van der Waals surface area (Å²) in [7, 11) is 0. The topological polar surface area (TPSA) is 38.7 Å². The van der Waals surface area contributed by atoms with Crippen LogP contribution in [0, 0.1) is 5.92 Å². The molecule has 3 heteroatoms. The molecule has 0 heterocycles. The molecule has 0 radical (unpaired) electrons. The van der Waals surface area contributed by atoms with E-state index in [1.54, 1.807) is 0 Å². The Hall–Kier alpha value is -0.120. The predicted octanol–water partition coefficient (Wildman–Crippen LogP) is 2.23. The smallest absolute Gasteiger partial charge is 0.0818 e. The Kier molecular flexibility index (Phi) is 7.14. The van der Waals surface area contributed by atoms with Crippen LogP contribution in [0.4, 0.5) is 0 Å². The highest BCUT2D eigenvalue weighted by molar-refractivity contribution is 4.67. The maximum atomic E-state index is 8.63.